The zero-order chi connectivity index (χ0) is 28.0. The van der Waals surface area contributed by atoms with Gasteiger partial charge in [-0.25, -0.2) is 9.59 Å². The van der Waals surface area contributed by atoms with Gasteiger partial charge in [-0.2, -0.15) is 0 Å². The Morgan fingerprint density at radius 1 is 0.641 bits per heavy atom. The molecule has 0 fully saturated rings. The van der Waals surface area contributed by atoms with E-state index in [-0.39, 0.29) is 17.8 Å². The van der Waals surface area contributed by atoms with Crippen molar-refractivity contribution in [1.82, 2.24) is 0 Å². The second-order valence-electron chi connectivity index (χ2n) is 8.54. The van der Waals surface area contributed by atoms with Crippen molar-refractivity contribution in [2.24, 2.45) is 0 Å². The van der Waals surface area contributed by atoms with E-state index in [0.29, 0.717) is 17.7 Å². The minimum Gasteiger partial charge on any atom is -0.465 e. The molecule has 4 aromatic rings. The van der Waals surface area contributed by atoms with Crippen molar-refractivity contribution in [3.05, 3.63) is 131 Å². The van der Waals surface area contributed by atoms with E-state index in [1.807, 2.05) is 84.9 Å². The molecule has 4 aromatic carbocycles. The Morgan fingerprint density at radius 3 is 1.56 bits per heavy atom. The molecule has 0 aromatic heterocycles. The monoisotopic (exact) mass is 524 g/mol. The van der Waals surface area contributed by atoms with Crippen LogP contribution in [0.4, 0.5) is 11.4 Å². The number of para-hydroxylation sites is 2. The molecule has 0 aliphatic carbocycles. The Bertz CT molecular complexity index is 1340. The van der Waals surface area contributed by atoms with Crippen LogP contribution in [0.25, 0.3) is 0 Å². The summed E-state index contributed by atoms with van der Waals surface area (Å²) in [6.45, 7) is 2.72. The van der Waals surface area contributed by atoms with Gasteiger partial charge >= 0.3 is 11.9 Å². The number of ether oxygens (including phenoxy) is 2. The molecule has 0 radical (unpaired) electrons. The molecular formula is C32H32N2O5. The number of esters is 2. The van der Waals surface area contributed by atoms with Gasteiger partial charge in [0.25, 0.3) is 0 Å². The van der Waals surface area contributed by atoms with Crippen molar-refractivity contribution in [3.63, 3.8) is 0 Å². The fraction of sp³-hybridized carbons (Fsp3) is 0.156. The number of nitrogens with one attached hydrogen (secondary N) is 1. The first-order valence-corrected chi connectivity index (χ1v) is 12.4. The van der Waals surface area contributed by atoms with Crippen LogP contribution >= 0.6 is 0 Å². The first-order chi connectivity index (χ1) is 18.9. The van der Waals surface area contributed by atoms with E-state index in [2.05, 4.69) is 14.8 Å². The van der Waals surface area contributed by atoms with E-state index in [9.17, 15) is 14.4 Å². The molecule has 1 N–H and O–H groups in total. The topological polar surface area (TPSA) is 84.9 Å². The molecule has 0 heterocycles. The number of rotatable bonds is 8. The minimum absolute atomic E-state index is 0.0294. The van der Waals surface area contributed by atoms with Crippen LogP contribution in [-0.2, 0) is 27.4 Å². The predicted octanol–water partition coefficient (Wildman–Crippen LogP) is 6.11. The summed E-state index contributed by atoms with van der Waals surface area (Å²) >= 11 is 0. The number of benzene rings is 4. The summed E-state index contributed by atoms with van der Waals surface area (Å²) < 4.78 is 9.31. The van der Waals surface area contributed by atoms with E-state index in [1.54, 1.807) is 29.2 Å². The summed E-state index contributed by atoms with van der Waals surface area (Å²) in [7, 11) is 2.73. The van der Waals surface area contributed by atoms with Gasteiger partial charge < -0.3 is 19.7 Å². The maximum Gasteiger partial charge on any atom is 0.337 e. The third-order valence-electron chi connectivity index (χ3n) is 5.81. The average Bonchev–Trinajstić information content (AvgIpc) is 2.99. The van der Waals surface area contributed by atoms with Gasteiger partial charge in [0.05, 0.1) is 31.9 Å². The number of nitrogens with zero attached hydrogens (tertiary/aromatic N) is 1. The standard InChI is InChI=1S/C17H17NO3.C15H15NO2/c1-13(19)18(16-6-4-3-5-7-16)12-14-8-10-15(11-9-14)17(20)21-2;1-18-15(17)13-9-7-12(8-10-13)11-16-14-5-3-2-4-6-14/h3-11H,12H2,1-2H3;2-10,16H,11H2,1H3. The lowest BCUT2D eigenvalue weighted by Gasteiger charge is -2.21. The zero-order valence-electron chi connectivity index (χ0n) is 22.3. The predicted molar refractivity (Wildman–Crippen MR) is 153 cm³/mol. The highest BCUT2D eigenvalue weighted by Gasteiger charge is 2.12. The Kier molecular flexibility index (Phi) is 10.8. The highest BCUT2D eigenvalue weighted by molar-refractivity contribution is 5.92. The molecule has 7 heteroatoms. The summed E-state index contributed by atoms with van der Waals surface area (Å²) in [5, 5.41) is 3.31. The summed E-state index contributed by atoms with van der Waals surface area (Å²) in [6.07, 6.45) is 0. The fourth-order valence-corrected chi connectivity index (χ4v) is 3.68. The lowest BCUT2D eigenvalue weighted by Crippen LogP contribution is -2.27. The molecule has 1 amide bonds. The van der Waals surface area contributed by atoms with Crippen molar-refractivity contribution in [3.8, 4) is 0 Å². The van der Waals surface area contributed by atoms with Crippen molar-refractivity contribution < 1.29 is 23.9 Å². The lowest BCUT2D eigenvalue weighted by atomic mass is 10.1. The fourth-order valence-electron chi connectivity index (χ4n) is 3.68. The second kappa shape index (κ2) is 14.7. The molecular weight excluding hydrogens is 492 g/mol. The van der Waals surface area contributed by atoms with E-state index >= 15 is 0 Å². The molecule has 200 valence electrons. The third-order valence-corrected chi connectivity index (χ3v) is 5.81. The summed E-state index contributed by atoms with van der Waals surface area (Å²) in [6, 6.07) is 33.9. The molecule has 0 bridgehead atoms. The molecule has 0 atom stereocenters. The smallest absolute Gasteiger partial charge is 0.337 e. The minimum atomic E-state index is -0.368. The van der Waals surface area contributed by atoms with Crippen molar-refractivity contribution >= 4 is 29.2 Å². The molecule has 0 unspecified atom stereocenters. The maximum atomic E-state index is 11.8. The average molecular weight is 525 g/mol. The summed E-state index contributed by atoms with van der Waals surface area (Å²) in [5.74, 6) is -0.705. The Labute approximate surface area is 229 Å². The second-order valence-corrected chi connectivity index (χ2v) is 8.54. The first-order valence-electron chi connectivity index (χ1n) is 12.4. The molecule has 7 nitrogen and oxygen atoms in total. The third kappa shape index (κ3) is 8.86. The number of anilines is 2. The van der Waals surface area contributed by atoms with Gasteiger partial charge in [0, 0.05) is 24.8 Å². The quantitative estimate of drug-likeness (QED) is 0.280. The first kappa shape index (κ1) is 28.7. The van der Waals surface area contributed by atoms with Crippen LogP contribution in [0.5, 0.6) is 0 Å². The number of amides is 1. The Hall–Kier alpha value is -4.91. The van der Waals surface area contributed by atoms with Gasteiger partial charge in [-0.3, -0.25) is 4.79 Å². The molecule has 0 spiro atoms. The van der Waals surface area contributed by atoms with Crippen LogP contribution in [-0.4, -0.2) is 32.1 Å². The van der Waals surface area contributed by atoms with E-state index < -0.39 is 0 Å². The van der Waals surface area contributed by atoms with Gasteiger partial charge in [0.15, 0.2) is 0 Å². The van der Waals surface area contributed by atoms with Crippen LogP contribution in [0.2, 0.25) is 0 Å². The van der Waals surface area contributed by atoms with Gasteiger partial charge in [-0.15, -0.1) is 0 Å². The van der Waals surface area contributed by atoms with Crippen LogP contribution in [0.15, 0.2) is 109 Å². The van der Waals surface area contributed by atoms with Gasteiger partial charge in [0.2, 0.25) is 5.91 Å². The van der Waals surface area contributed by atoms with Crippen molar-refractivity contribution in [2.75, 3.05) is 24.4 Å². The summed E-state index contributed by atoms with van der Waals surface area (Å²) in [5.41, 5.74) is 5.06. The van der Waals surface area contributed by atoms with Crippen LogP contribution in [0, 0.1) is 0 Å². The van der Waals surface area contributed by atoms with Gasteiger partial charge in [-0.05, 0) is 59.7 Å². The molecule has 39 heavy (non-hydrogen) atoms. The molecule has 0 saturated carbocycles. The van der Waals surface area contributed by atoms with Crippen molar-refractivity contribution in [2.45, 2.75) is 20.0 Å². The van der Waals surface area contributed by atoms with E-state index in [0.717, 1.165) is 29.0 Å². The lowest BCUT2D eigenvalue weighted by molar-refractivity contribution is -0.116. The van der Waals surface area contributed by atoms with Gasteiger partial charge in [-0.1, -0.05) is 60.7 Å². The number of carbonyl (C=O) groups is 3. The highest BCUT2D eigenvalue weighted by atomic mass is 16.5. The van der Waals surface area contributed by atoms with E-state index in [4.69, 9.17) is 0 Å². The number of hydrogen-bond acceptors (Lipinski definition) is 6. The Balaban J connectivity index is 0.000000218. The number of carbonyl (C=O) groups excluding carboxylic acids is 3. The zero-order valence-corrected chi connectivity index (χ0v) is 22.3. The molecule has 0 aliphatic rings. The maximum absolute atomic E-state index is 11.8. The SMILES string of the molecule is COC(=O)c1ccc(CN(C(C)=O)c2ccccc2)cc1.COC(=O)c1ccc(CNc2ccccc2)cc1. The molecule has 4 rings (SSSR count). The summed E-state index contributed by atoms with van der Waals surface area (Å²) in [4.78, 5) is 36.2. The van der Waals surface area contributed by atoms with Crippen molar-refractivity contribution in [1.29, 1.82) is 0 Å². The molecule has 0 saturated heterocycles. The number of methoxy groups -OCH3 is 2. The van der Waals surface area contributed by atoms with Crippen LogP contribution < -0.4 is 10.2 Å². The van der Waals surface area contributed by atoms with E-state index in [1.165, 1.54) is 21.1 Å². The van der Waals surface area contributed by atoms with Gasteiger partial charge in [0.1, 0.15) is 0 Å². The number of hydrogen-bond donors (Lipinski definition) is 1. The van der Waals surface area contributed by atoms with Crippen LogP contribution in [0.3, 0.4) is 0 Å². The van der Waals surface area contributed by atoms with Crippen LogP contribution in [0.1, 0.15) is 38.8 Å². The molecule has 0 aliphatic heterocycles. The normalized spacial score (nSPS) is 9.92. The largest absolute Gasteiger partial charge is 0.465 e. The Morgan fingerprint density at radius 2 is 1.10 bits per heavy atom. The highest BCUT2D eigenvalue weighted by Crippen LogP contribution is 2.17.